The highest BCUT2D eigenvalue weighted by molar-refractivity contribution is 8.00. The Kier molecular flexibility index (Phi) is 3.71. The third-order valence-corrected chi connectivity index (χ3v) is 3.22. The molecule has 2 aromatic heterocycles. The number of carbonyl (C=O) groups is 1. The number of thioether (sulfide) groups is 1. The molecule has 7 heteroatoms. The largest absolute Gasteiger partial charge is 0.469 e. The van der Waals surface area contributed by atoms with E-state index in [1.54, 1.807) is 19.3 Å². The molecule has 18 heavy (non-hydrogen) atoms. The van der Waals surface area contributed by atoms with Gasteiger partial charge in [-0.25, -0.2) is 0 Å². The Bertz CT molecular complexity index is 549. The van der Waals surface area contributed by atoms with E-state index in [-0.39, 0.29) is 5.97 Å². The SMILES string of the molecule is COC(=O)C(C)Sc1nnc(-c2ccoc2C)o1. The fourth-order valence-electron chi connectivity index (χ4n) is 1.34. The number of furan rings is 1. The zero-order valence-corrected chi connectivity index (χ0v) is 11.0. The first-order chi connectivity index (χ1) is 8.61. The van der Waals surface area contributed by atoms with Gasteiger partial charge in [-0.3, -0.25) is 4.79 Å². The number of methoxy groups -OCH3 is 1. The highest BCUT2D eigenvalue weighted by atomic mass is 32.2. The fraction of sp³-hybridized carbons (Fsp3) is 0.364. The van der Waals surface area contributed by atoms with Crippen molar-refractivity contribution in [3.8, 4) is 11.5 Å². The molecular formula is C11H12N2O4S. The first-order valence-corrected chi connectivity index (χ1v) is 6.12. The summed E-state index contributed by atoms with van der Waals surface area (Å²) < 4.78 is 15.2. The normalized spacial score (nSPS) is 12.4. The van der Waals surface area contributed by atoms with Crippen molar-refractivity contribution < 1.29 is 18.4 Å². The van der Waals surface area contributed by atoms with Crippen LogP contribution in [0.15, 0.2) is 26.4 Å². The zero-order chi connectivity index (χ0) is 13.1. The first-order valence-electron chi connectivity index (χ1n) is 5.24. The van der Waals surface area contributed by atoms with Crippen molar-refractivity contribution in [2.24, 2.45) is 0 Å². The van der Waals surface area contributed by atoms with Gasteiger partial charge in [0.05, 0.1) is 18.9 Å². The predicted octanol–water partition coefficient (Wildman–Crippen LogP) is 2.29. The van der Waals surface area contributed by atoms with E-state index in [0.717, 1.165) is 17.3 Å². The van der Waals surface area contributed by atoms with Crippen molar-refractivity contribution in [1.82, 2.24) is 10.2 Å². The minimum atomic E-state index is -0.395. The maximum Gasteiger partial charge on any atom is 0.319 e. The van der Waals surface area contributed by atoms with Crippen molar-refractivity contribution in [3.05, 3.63) is 18.1 Å². The van der Waals surface area contributed by atoms with E-state index in [2.05, 4.69) is 14.9 Å². The van der Waals surface area contributed by atoms with Gasteiger partial charge in [-0.1, -0.05) is 11.8 Å². The van der Waals surface area contributed by atoms with Gasteiger partial charge in [0.1, 0.15) is 11.0 Å². The molecule has 0 aliphatic heterocycles. The van der Waals surface area contributed by atoms with Crippen molar-refractivity contribution in [2.75, 3.05) is 7.11 Å². The molecule has 1 unspecified atom stereocenters. The molecule has 2 heterocycles. The van der Waals surface area contributed by atoms with Gasteiger partial charge in [-0.2, -0.15) is 0 Å². The van der Waals surface area contributed by atoms with Gasteiger partial charge in [0.2, 0.25) is 0 Å². The lowest BCUT2D eigenvalue weighted by Gasteiger charge is -2.04. The summed E-state index contributed by atoms with van der Waals surface area (Å²) in [5.41, 5.74) is 0.750. The third kappa shape index (κ3) is 2.56. The van der Waals surface area contributed by atoms with Crippen LogP contribution in [0.25, 0.3) is 11.5 Å². The molecule has 2 aromatic rings. The van der Waals surface area contributed by atoms with Crippen molar-refractivity contribution >= 4 is 17.7 Å². The van der Waals surface area contributed by atoms with Gasteiger partial charge >= 0.3 is 5.97 Å². The molecular weight excluding hydrogens is 256 g/mol. The molecule has 0 aliphatic rings. The quantitative estimate of drug-likeness (QED) is 0.621. The Hall–Kier alpha value is -1.76. The summed E-state index contributed by atoms with van der Waals surface area (Å²) in [6.07, 6.45) is 1.55. The maximum absolute atomic E-state index is 11.3. The van der Waals surface area contributed by atoms with Crippen molar-refractivity contribution in [2.45, 2.75) is 24.3 Å². The molecule has 2 rings (SSSR count). The lowest BCUT2D eigenvalue weighted by molar-refractivity contribution is -0.139. The number of aryl methyl sites for hydroxylation is 1. The number of esters is 1. The van der Waals surface area contributed by atoms with Crippen LogP contribution in [0.3, 0.4) is 0 Å². The number of ether oxygens (including phenoxy) is 1. The number of rotatable bonds is 4. The lowest BCUT2D eigenvalue weighted by atomic mass is 10.3. The van der Waals surface area contributed by atoms with Gasteiger partial charge in [-0.05, 0) is 19.9 Å². The van der Waals surface area contributed by atoms with Crippen LogP contribution in [0.5, 0.6) is 0 Å². The average molecular weight is 268 g/mol. The van der Waals surface area contributed by atoms with Gasteiger partial charge in [0, 0.05) is 0 Å². The molecule has 0 saturated heterocycles. The molecule has 0 aliphatic carbocycles. The molecule has 0 radical (unpaired) electrons. The van der Waals surface area contributed by atoms with Crippen LogP contribution in [0.4, 0.5) is 0 Å². The molecule has 0 fully saturated rings. The summed E-state index contributed by atoms with van der Waals surface area (Å²) >= 11 is 1.15. The van der Waals surface area contributed by atoms with E-state index in [9.17, 15) is 4.79 Å². The number of nitrogens with zero attached hydrogens (tertiary/aromatic N) is 2. The second-order valence-corrected chi connectivity index (χ2v) is 4.84. The molecule has 0 N–H and O–H groups in total. The van der Waals surface area contributed by atoms with Crippen molar-refractivity contribution in [1.29, 1.82) is 0 Å². The van der Waals surface area contributed by atoms with Crippen molar-refractivity contribution in [3.63, 3.8) is 0 Å². The Morgan fingerprint density at radius 3 is 2.89 bits per heavy atom. The number of hydrogen-bond acceptors (Lipinski definition) is 7. The van der Waals surface area contributed by atoms with Crippen LogP contribution < -0.4 is 0 Å². The number of carbonyl (C=O) groups excluding carboxylic acids is 1. The van der Waals surface area contributed by atoms with E-state index in [4.69, 9.17) is 8.83 Å². The monoisotopic (exact) mass is 268 g/mol. The highest BCUT2D eigenvalue weighted by Gasteiger charge is 2.19. The maximum atomic E-state index is 11.3. The standard InChI is InChI=1S/C11H12N2O4S/c1-6-8(4-5-16-6)9-12-13-11(17-9)18-7(2)10(14)15-3/h4-5,7H,1-3H3. The molecule has 1 atom stereocenters. The van der Waals surface area contributed by atoms with E-state index < -0.39 is 5.25 Å². The molecule has 0 bridgehead atoms. The fourth-order valence-corrected chi connectivity index (χ4v) is 2.05. The molecule has 0 amide bonds. The third-order valence-electron chi connectivity index (χ3n) is 2.31. The molecule has 6 nitrogen and oxygen atoms in total. The van der Waals surface area contributed by atoms with Gasteiger partial charge in [-0.15, -0.1) is 10.2 Å². The average Bonchev–Trinajstić information content (AvgIpc) is 2.96. The van der Waals surface area contributed by atoms with Crippen LogP contribution in [-0.4, -0.2) is 28.5 Å². The number of aromatic nitrogens is 2. The topological polar surface area (TPSA) is 78.4 Å². The summed E-state index contributed by atoms with van der Waals surface area (Å²) in [5, 5.41) is 7.70. The Morgan fingerprint density at radius 2 is 2.28 bits per heavy atom. The summed E-state index contributed by atoms with van der Waals surface area (Å²) in [6.45, 7) is 3.52. The molecule has 0 saturated carbocycles. The lowest BCUT2D eigenvalue weighted by Crippen LogP contribution is -2.14. The summed E-state index contributed by atoms with van der Waals surface area (Å²) in [4.78, 5) is 11.3. The molecule has 0 spiro atoms. The highest BCUT2D eigenvalue weighted by Crippen LogP contribution is 2.28. The van der Waals surface area contributed by atoms with E-state index in [1.165, 1.54) is 7.11 Å². The first kappa shape index (κ1) is 12.7. The molecule has 96 valence electrons. The second-order valence-electron chi connectivity index (χ2n) is 3.55. The second kappa shape index (κ2) is 5.26. The summed E-state index contributed by atoms with van der Waals surface area (Å²) in [6, 6.07) is 1.75. The van der Waals surface area contributed by atoms with E-state index >= 15 is 0 Å². The number of hydrogen-bond donors (Lipinski definition) is 0. The minimum absolute atomic E-state index is 0.323. The van der Waals surface area contributed by atoms with Gasteiger partial charge in [0.15, 0.2) is 0 Å². The zero-order valence-electron chi connectivity index (χ0n) is 10.2. The predicted molar refractivity (Wildman–Crippen MR) is 64.1 cm³/mol. The summed E-state index contributed by atoms with van der Waals surface area (Å²) in [7, 11) is 1.34. The van der Waals surface area contributed by atoms with Gasteiger partial charge in [0.25, 0.3) is 11.1 Å². The van der Waals surface area contributed by atoms with E-state index in [1.807, 2.05) is 6.92 Å². The Balaban J connectivity index is 2.12. The van der Waals surface area contributed by atoms with Crippen LogP contribution >= 0.6 is 11.8 Å². The summed E-state index contributed by atoms with van der Waals surface area (Å²) in [5.74, 6) is 0.747. The smallest absolute Gasteiger partial charge is 0.319 e. The Morgan fingerprint density at radius 1 is 1.50 bits per heavy atom. The van der Waals surface area contributed by atoms with E-state index in [0.29, 0.717) is 16.9 Å². The molecule has 0 aromatic carbocycles. The van der Waals surface area contributed by atoms with Crippen LogP contribution in [-0.2, 0) is 9.53 Å². The minimum Gasteiger partial charge on any atom is -0.469 e. The Labute approximate surface area is 108 Å². The van der Waals surface area contributed by atoms with Crippen LogP contribution in [0, 0.1) is 6.92 Å². The van der Waals surface area contributed by atoms with Crippen LogP contribution in [0.1, 0.15) is 12.7 Å². The van der Waals surface area contributed by atoms with Crippen LogP contribution in [0.2, 0.25) is 0 Å². The van der Waals surface area contributed by atoms with Gasteiger partial charge < -0.3 is 13.6 Å².